The first-order chi connectivity index (χ1) is 8.73. The van der Waals surface area contributed by atoms with E-state index in [1.54, 1.807) is 20.8 Å². The monoisotopic (exact) mass is 270 g/mol. The van der Waals surface area contributed by atoms with Gasteiger partial charge in [0.1, 0.15) is 11.4 Å². The lowest BCUT2D eigenvalue weighted by Crippen LogP contribution is -2.27. The molecule has 106 valence electrons. The topological polar surface area (TPSA) is 84.6 Å². The molecular weight excluding hydrogens is 251 g/mol. The number of ether oxygens (including phenoxy) is 1. The standard InChI is InChI=1S/C13H19FN2O3/c1-13(2,3)19-12(18)16-8-4-5-10(14)9(6-8)11(17)7-15/h4-6,11,17H,7,15H2,1-3H3,(H,16,18)/t11-/m1/s1. The molecule has 0 spiro atoms. The zero-order valence-corrected chi connectivity index (χ0v) is 11.2. The van der Waals surface area contributed by atoms with Crippen LogP contribution < -0.4 is 11.1 Å². The summed E-state index contributed by atoms with van der Waals surface area (Å²) in [5.74, 6) is -0.576. The molecule has 0 unspecified atom stereocenters. The minimum Gasteiger partial charge on any atom is -0.444 e. The van der Waals surface area contributed by atoms with Crippen molar-refractivity contribution in [3.8, 4) is 0 Å². The van der Waals surface area contributed by atoms with Crippen LogP contribution >= 0.6 is 0 Å². The van der Waals surface area contributed by atoms with Gasteiger partial charge in [0.2, 0.25) is 0 Å². The third-order valence-electron chi connectivity index (χ3n) is 2.22. The molecule has 6 heteroatoms. The molecule has 0 bridgehead atoms. The summed E-state index contributed by atoms with van der Waals surface area (Å²) in [6.07, 6.45) is -1.76. The molecule has 1 rings (SSSR count). The number of hydrogen-bond acceptors (Lipinski definition) is 4. The number of hydrogen-bond donors (Lipinski definition) is 3. The molecule has 0 aliphatic carbocycles. The van der Waals surface area contributed by atoms with Crippen LogP contribution in [0, 0.1) is 5.82 Å². The van der Waals surface area contributed by atoms with E-state index in [1.807, 2.05) is 0 Å². The van der Waals surface area contributed by atoms with Crippen LogP contribution in [0.2, 0.25) is 0 Å². The van der Waals surface area contributed by atoms with Crippen molar-refractivity contribution in [1.29, 1.82) is 0 Å². The molecule has 0 saturated heterocycles. The van der Waals surface area contributed by atoms with Crippen molar-refractivity contribution in [3.05, 3.63) is 29.6 Å². The van der Waals surface area contributed by atoms with E-state index in [2.05, 4.69) is 5.32 Å². The molecule has 4 N–H and O–H groups in total. The fourth-order valence-electron chi connectivity index (χ4n) is 1.43. The summed E-state index contributed by atoms with van der Waals surface area (Å²) in [6.45, 7) is 5.11. The molecule has 0 heterocycles. The first-order valence-corrected chi connectivity index (χ1v) is 5.90. The summed E-state index contributed by atoms with van der Waals surface area (Å²) in [5, 5.41) is 12.0. The van der Waals surface area contributed by atoms with Crippen molar-refractivity contribution < 1.29 is 19.0 Å². The smallest absolute Gasteiger partial charge is 0.412 e. The van der Waals surface area contributed by atoms with Crippen molar-refractivity contribution in [2.75, 3.05) is 11.9 Å². The van der Waals surface area contributed by atoms with Crippen LogP contribution in [0.1, 0.15) is 32.4 Å². The molecule has 1 amide bonds. The van der Waals surface area contributed by atoms with E-state index in [-0.39, 0.29) is 12.1 Å². The third kappa shape index (κ3) is 4.84. The summed E-state index contributed by atoms with van der Waals surface area (Å²) in [7, 11) is 0. The Morgan fingerprint density at radius 2 is 2.16 bits per heavy atom. The second-order valence-corrected chi connectivity index (χ2v) is 5.11. The molecule has 1 atom stereocenters. The van der Waals surface area contributed by atoms with Gasteiger partial charge in [-0.1, -0.05) is 0 Å². The van der Waals surface area contributed by atoms with Crippen LogP contribution in [0.4, 0.5) is 14.9 Å². The van der Waals surface area contributed by atoms with Crippen molar-refractivity contribution >= 4 is 11.8 Å². The van der Waals surface area contributed by atoms with Gasteiger partial charge in [0, 0.05) is 17.8 Å². The maximum atomic E-state index is 13.5. The van der Waals surface area contributed by atoms with Gasteiger partial charge >= 0.3 is 6.09 Å². The summed E-state index contributed by atoms with van der Waals surface area (Å²) < 4.78 is 18.5. The molecule has 19 heavy (non-hydrogen) atoms. The maximum Gasteiger partial charge on any atom is 0.412 e. The molecule has 1 aromatic carbocycles. The highest BCUT2D eigenvalue weighted by molar-refractivity contribution is 5.85. The number of halogens is 1. The first kappa shape index (κ1) is 15.4. The molecular formula is C13H19FN2O3. The van der Waals surface area contributed by atoms with Gasteiger partial charge in [-0.25, -0.2) is 9.18 Å². The molecule has 0 aliphatic rings. The predicted octanol–water partition coefficient (Wildman–Crippen LogP) is 2.16. The van der Waals surface area contributed by atoms with E-state index in [0.717, 1.165) is 6.07 Å². The van der Waals surface area contributed by atoms with Crippen molar-refractivity contribution in [2.24, 2.45) is 5.73 Å². The molecule has 0 fully saturated rings. The lowest BCUT2D eigenvalue weighted by molar-refractivity contribution is 0.0636. The number of amides is 1. The second kappa shape index (κ2) is 5.99. The van der Waals surface area contributed by atoms with Crippen LogP contribution in [0.15, 0.2) is 18.2 Å². The third-order valence-corrected chi connectivity index (χ3v) is 2.22. The van der Waals surface area contributed by atoms with Crippen molar-refractivity contribution in [1.82, 2.24) is 0 Å². The molecule has 1 aromatic rings. The maximum absolute atomic E-state index is 13.5. The Balaban J connectivity index is 2.83. The Kier molecular flexibility index (Phi) is 4.85. The fourth-order valence-corrected chi connectivity index (χ4v) is 1.43. The normalized spacial score (nSPS) is 12.9. The number of aliphatic hydroxyl groups is 1. The van der Waals surface area contributed by atoms with Crippen molar-refractivity contribution in [3.63, 3.8) is 0 Å². The molecule has 0 saturated carbocycles. The number of nitrogens with one attached hydrogen (secondary N) is 1. The van der Waals surface area contributed by atoms with Crippen LogP contribution in [-0.2, 0) is 4.74 Å². The number of aliphatic hydroxyl groups excluding tert-OH is 1. The number of nitrogens with two attached hydrogens (primary N) is 1. The summed E-state index contributed by atoms with van der Waals surface area (Å²) in [4.78, 5) is 11.5. The fraction of sp³-hybridized carbons (Fsp3) is 0.462. The van der Waals surface area contributed by atoms with Gasteiger partial charge in [0.05, 0.1) is 6.10 Å². The lowest BCUT2D eigenvalue weighted by atomic mass is 10.1. The van der Waals surface area contributed by atoms with Gasteiger partial charge < -0.3 is 15.6 Å². The Morgan fingerprint density at radius 3 is 2.68 bits per heavy atom. The molecule has 0 aromatic heterocycles. The minimum atomic E-state index is -1.11. The van der Waals surface area contributed by atoms with Gasteiger partial charge in [-0.05, 0) is 39.0 Å². The molecule has 0 radical (unpaired) electrons. The van der Waals surface area contributed by atoms with E-state index < -0.39 is 23.6 Å². The zero-order valence-electron chi connectivity index (χ0n) is 11.2. The van der Waals surface area contributed by atoms with E-state index in [9.17, 15) is 14.3 Å². The van der Waals surface area contributed by atoms with Gasteiger partial charge in [-0.3, -0.25) is 5.32 Å². The van der Waals surface area contributed by atoms with Gasteiger partial charge in [0.15, 0.2) is 0 Å². The van der Waals surface area contributed by atoms with Crippen LogP contribution in [0.5, 0.6) is 0 Å². The molecule has 0 aliphatic heterocycles. The Labute approximate surface area is 111 Å². The van der Waals surface area contributed by atoms with Gasteiger partial charge in [-0.2, -0.15) is 0 Å². The first-order valence-electron chi connectivity index (χ1n) is 5.90. The largest absolute Gasteiger partial charge is 0.444 e. The summed E-state index contributed by atoms with van der Waals surface area (Å²) in [6, 6.07) is 3.86. The second-order valence-electron chi connectivity index (χ2n) is 5.11. The highest BCUT2D eigenvalue weighted by atomic mass is 19.1. The highest BCUT2D eigenvalue weighted by Crippen LogP contribution is 2.21. The Hall–Kier alpha value is -1.66. The number of anilines is 1. The lowest BCUT2D eigenvalue weighted by Gasteiger charge is -2.20. The average Bonchev–Trinajstić information content (AvgIpc) is 2.28. The highest BCUT2D eigenvalue weighted by Gasteiger charge is 2.17. The Morgan fingerprint density at radius 1 is 1.53 bits per heavy atom. The summed E-state index contributed by atoms with van der Waals surface area (Å²) in [5.41, 5.74) is 5.03. The SMILES string of the molecule is CC(C)(C)OC(=O)Nc1ccc(F)c([C@H](O)CN)c1. The van der Waals surface area contributed by atoms with Crippen LogP contribution in [0.25, 0.3) is 0 Å². The zero-order chi connectivity index (χ0) is 14.6. The van der Waals surface area contributed by atoms with E-state index in [4.69, 9.17) is 10.5 Å². The minimum absolute atomic E-state index is 0.0380. The average molecular weight is 270 g/mol. The van der Waals surface area contributed by atoms with E-state index in [1.165, 1.54) is 12.1 Å². The van der Waals surface area contributed by atoms with Crippen LogP contribution in [-0.4, -0.2) is 23.3 Å². The number of rotatable bonds is 3. The van der Waals surface area contributed by atoms with Crippen LogP contribution in [0.3, 0.4) is 0 Å². The Bertz CT molecular complexity index is 458. The number of benzene rings is 1. The summed E-state index contributed by atoms with van der Waals surface area (Å²) >= 11 is 0. The number of carbonyl (C=O) groups excluding carboxylic acids is 1. The van der Waals surface area contributed by atoms with E-state index >= 15 is 0 Å². The number of carbonyl (C=O) groups is 1. The molecule has 5 nitrogen and oxygen atoms in total. The predicted molar refractivity (Wildman–Crippen MR) is 70.3 cm³/mol. The van der Waals surface area contributed by atoms with Crippen molar-refractivity contribution in [2.45, 2.75) is 32.5 Å². The quantitative estimate of drug-likeness (QED) is 0.785. The van der Waals surface area contributed by atoms with Gasteiger partial charge in [0.25, 0.3) is 0 Å². The van der Waals surface area contributed by atoms with Gasteiger partial charge in [-0.15, -0.1) is 0 Å². The van der Waals surface area contributed by atoms with E-state index in [0.29, 0.717) is 5.69 Å².